The molecule has 3 nitrogen and oxygen atoms in total. The van der Waals surface area contributed by atoms with Gasteiger partial charge in [-0.15, -0.1) is 0 Å². The molecule has 5 heteroatoms. The van der Waals surface area contributed by atoms with Crippen LogP contribution in [0.4, 0.5) is 4.39 Å². The highest BCUT2D eigenvalue weighted by atomic mass is 32.2. The molecule has 27 heavy (non-hydrogen) atoms. The van der Waals surface area contributed by atoms with Crippen molar-refractivity contribution in [1.82, 2.24) is 4.31 Å². The maximum Gasteiger partial charge on any atom is 0.243 e. The molecular weight excluding hydrogens is 361 g/mol. The Kier molecular flexibility index (Phi) is 6.66. The van der Waals surface area contributed by atoms with E-state index in [0.29, 0.717) is 23.9 Å². The van der Waals surface area contributed by atoms with Crippen molar-refractivity contribution in [2.24, 2.45) is 5.92 Å². The number of piperidine rings is 1. The van der Waals surface area contributed by atoms with E-state index in [-0.39, 0.29) is 5.82 Å². The zero-order chi connectivity index (χ0) is 19.3. The Bertz CT molecular complexity index is 824. The minimum Gasteiger partial charge on any atom is -0.207 e. The van der Waals surface area contributed by atoms with Gasteiger partial charge in [0, 0.05) is 13.1 Å². The molecule has 0 atom stereocenters. The fourth-order valence-corrected chi connectivity index (χ4v) is 5.14. The van der Waals surface area contributed by atoms with E-state index in [1.165, 1.54) is 17.7 Å². The summed E-state index contributed by atoms with van der Waals surface area (Å²) in [5, 5.41) is 0. The topological polar surface area (TPSA) is 37.4 Å². The first-order valence-electron chi connectivity index (χ1n) is 9.82. The second kappa shape index (κ2) is 8.98. The second-order valence-corrected chi connectivity index (χ2v) is 9.36. The van der Waals surface area contributed by atoms with Gasteiger partial charge in [-0.3, -0.25) is 0 Å². The Hall–Kier alpha value is -1.72. The summed E-state index contributed by atoms with van der Waals surface area (Å²) >= 11 is 0. The number of rotatable bonds is 7. The number of nitrogens with zero attached hydrogens (tertiary/aromatic N) is 1. The highest BCUT2D eigenvalue weighted by Crippen LogP contribution is 2.26. The van der Waals surface area contributed by atoms with Crippen LogP contribution in [0.3, 0.4) is 0 Å². The predicted octanol–water partition coefficient (Wildman–Crippen LogP) is 4.81. The van der Waals surface area contributed by atoms with Crippen molar-refractivity contribution in [2.75, 3.05) is 13.1 Å². The summed E-state index contributed by atoms with van der Waals surface area (Å²) in [5.41, 5.74) is 2.30. The monoisotopic (exact) mass is 389 g/mol. The number of halogens is 1. The Morgan fingerprint density at radius 1 is 0.963 bits per heavy atom. The number of unbranched alkanes of at least 4 members (excludes halogenated alkanes) is 1. The van der Waals surface area contributed by atoms with Gasteiger partial charge in [0.15, 0.2) is 0 Å². The van der Waals surface area contributed by atoms with E-state index >= 15 is 0 Å². The quantitative estimate of drug-likeness (QED) is 0.681. The van der Waals surface area contributed by atoms with Gasteiger partial charge in [0.2, 0.25) is 10.0 Å². The van der Waals surface area contributed by atoms with Crippen molar-refractivity contribution in [3.8, 4) is 0 Å². The molecule has 2 aromatic rings. The van der Waals surface area contributed by atoms with Gasteiger partial charge in [0.05, 0.1) is 4.90 Å². The molecule has 146 valence electrons. The zero-order valence-electron chi connectivity index (χ0n) is 15.9. The maximum atomic E-state index is 13.0. The van der Waals surface area contributed by atoms with E-state index in [2.05, 4.69) is 6.92 Å². The van der Waals surface area contributed by atoms with Crippen LogP contribution in [0.2, 0.25) is 0 Å². The summed E-state index contributed by atoms with van der Waals surface area (Å²) in [6, 6.07) is 14.0. The molecular formula is C22H28FNO2S. The van der Waals surface area contributed by atoms with Gasteiger partial charge in [0.25, 0.3) is 0 Å². The van der Waals surface area contributed by atoms with Crippen LogP contribution >= 0.6 is 0 Å². The summed E-state index contributed by atoms with van der Waals surface area (Å²) < 4.78 is 40.4. The summed E-state index contributed by atoms with van der Waals surface area (Å²) in [7, 11) is -3.42. The SMILES string of the molecule is CCCCc1ccc(S(=O)(=O)N2CCC(Cc3ccc(F)cc3)CC2)cc1. The van der Waals surface area contributed by atoms with Gasteiger partial charge in [-0.25, -0.2) is 12.8 Å². The zero-order valence-corrected chi connectivity index (χ0v) is 16.7. The summed E-state index contributed by atoms with van der Waals surface area (Å²) in [5.74, 6) is 0.221. The van der Waals surface area contributed by atoms with Crippen LogP contribution in [-0.4, -0.2) is 25.8 Å². The van der Waals surface area contributed by atoms with E-state index in [1.54, 1.807) is 16.4 Å². The molecule has 0 aromatic heterocycles. The number of aryl methyl sites for hydroxylation is 1. The van der Waals surface area contributed by atoms with Crippen molar-refractivity contribution in [3.63, 3.8) is 0 Å². The lowest BCUT2D eigenvalue weighted by molar-refractivity contribution is 0.273. The van der Waals surface area contributed by atoms with Crippen molar-refractivity contribution >= 4 is 10.0 Å². The molecule has 3 rings (SSSR count). The molecule has 0 unspecified atom stereocenters. The average molecular weight is 390 g/mol. The van der Waals surface area contributed by atoms with Crippen molar-refractivity contribution in [1.29, 1.82) is 0 Å². The Morgan fingerprint density at radius 2 is 1.56 bits per heavy atom. The van der Waals surface area contributed by atoms with Crippen molar-refractivity contribution < 1.29 is 12.8 Å². The normalized spacial score (nSPS) is 16.5. The minimum absolute atomic E-state index is 0.222. The van der Waals surface area contributed by atoms with Crippen LogP contribution in [0, 0.1) is 11.7 Å². The lowest BCUT2D eigenvalue weighted by atomic mass is 9.91. The third kappa shape index (κ3) is 5.17. The van der Waals surface area contributed by atoms with Gasteiger partial charge in [-0.1, -0.05) is 37.6 Å². The molecule has 1 aliphatic rings. The maximum absolute atomic E-state index is 13.0. The van der Waals surface area contributed by atoms with E-state index < -0.39 is 10.0 Å². The number of benzene rings is 2. The van der Waals surface area contributed by atoms with E-state index in [9.17, 15) is 12.8 Å². The number of hydrogen-bond donors (Lipinski definition) is 0. The highest BCUT2D eigenvalue weighted by molar-refractivity contribution is 7.89. The predicted molar refractivity (Wildman–Crippen MR) is 107 cm³/mol. The van der Waals surface area contributed by atoms with Crippen LogP contribution in [0.1, 0.15) is 43.7 Å². The van der Waals surface area contributed by atoms with Crippen LogP contribution in [0.15, 0.2) is 53.4 Å². The van der Waals surface area contributed by atoms with E-state index in [1.807, 2.05) is 24.3 Å². The van der Waals surface area contributed by atoms with Crippen molar-refractivity contribution in [3.05, 3.63) is 65.5 Å². The fourth-order valence-electron chi connectivity index (χ4n) is 3.67. The molecule has 2 aromatic carbocycles. The summed E-state index contributed by atoms with van der Waals surface area (Å²) in [6.07, 6.45) is 5.79. The van der Waals surface area contributed by atoms with Crippen LogP contribution < -0.4 is 0 Å². The molecule has 1 fully saturated rings. The summed E-state index contributed by atoms with van der Waals surface area (Å²) in [6.45, 7) is 3.25. The third-order valence-electron chi connectivity index (χ3n) is 5.39. The standard InChI is InChI=1S/C22H28FNO2S/c1-2-3-4-18-7-11-22(12-8-18)27(25,26)24-15-13-20(14-16-24)17-19-5-9-21(23)10-6-19/h5-12,20H,2-4,13-17H2,1H3. The van der Waals surface area contributed by atoms with Gasteiger partial charge in [0.1, 0.15) is 5.82 Å². The molecule has 0 aliphatic carbocycles. The first-order chi connectivity index (χ1) is 13.0. The molecule has 0 spiro atoms. The van der Waals surface area contributed by atoms with E-state index in [0.717, 1.165) is 44.1 Å². The summed E-state index contributed by atoms with van der Waals surface area (Å²) in [4.78, 5) is 0.389. The van der Waals surface area contributed by atoms with Gasteiger partial charge >= 0.3 is 0 Å². The molecule has 0 N–H and O–H groups in total. The molecule has 0 bridgehead atoms. The Labute approximate surface area is 162 Å². The Morgan fingerprint density at radius 3 is 2.15 bits per heavy atom. The second-order valence-electron chi connectivity index (χ2n) is 7.43. The molecule has 1 heterocycles. The first-order valence-corrected chi connectivity index (χ1v) is 11.3. The number of sulfonamides is 1. The van der Waals surface area contributed by atoms with Crippen LogP contribution in [-0.2, 0) is 22.9 Å². The van der Waals surface area contributed by atoms with Crippen LogP contribution in [0.25, 0.3) is 0 Å². The lowest BCUT2D eigenvalue weighted by Gasteiger charge is -2.31. The molecule has 0 radical (unpaired) electrons. The minimum atomic E-state index is -3.42. The smallest absolute Gasteiger partial charge is 0.207 e. The molecule has 1 saturated heterocycles. The lowest BCUT2D eigenvalue weighted by Crippen LogP contribution is -2.38. The van der Waals surface area contributed by atoms with Crippen LogP contribution in [0.5, 0.6) is 0 Å². The average Bonchev–Trinajstić information content (AvgIpc) is 2.69. The fraction of sp³-hybridized carbons (Fsp3) is 0.455. The molecule has 0 amide bonds. The number of hydrogen-bond acceptors (Lipinski definition) is 2. The van der Waals surface area contributed by atoms with Gasteiger partial charge in [-0.2, -0.15) is 4.31 Å². The largest absolute Gasteiger partial charge is 0.243 e. The third-order valence-corrected chi connectivity index (χ3v) is 7.30. The highest BCUT2D eigenvalue weighted by Gasteiger charge is 2.29. The van der Waals surface area contributed by atoms with Gasteiger partial charge < -0.3 is 0 Å². The van der Waals surface area contributed by atoms with E-state index in [4.69, 9.17) is 0 Å². The Balaban J connectivity index is 1.58. The van der Waals surface area contributed by atoms with Crippen molar-refractivity contribution in [2.45, 2.75) is 50.3 Å². The molecule has 0 saturated carbocycles. The first kappa shape index (κ1) is 20.0. The molecule has 1 aliphatic heterocycles. The van der Waals surface area contributed by atoms with Gasteiger partial charge in [-0.05, 0) is 73.4 Å².